The predicted octanol–water partition coefficient (Wildman–Crippen LogP) is 1.31. The Bertz CT molecular complexity index is 408. The monoisotopic (exact) mass is 268 g/mol. The van der Waals surface area contributed by atoms with Crippen molar-refractivity contribution in [3.8, 4) is 5.88 Å². The number of hydrogen-bond acceptors (Lipinski definition) is 6. The number of aromatic nitrogens is 2. The van der Waals surface area contributed by atoms with Gasteiger partial charge in [0, 0.05) is 18.2 Å². The van der Waals surface area contributed by atoms with Gasteiger partial charge in [0.1, 0.15) is 19.0 Å². The van der Waals surface area contributed by atoms with Crippen LogP contribution in [0, 0.1) is 0 Å². The van der Waals surface area contributed by atoms with Crippen molar-refractivity contribution in [2.24, 2.45) is 0 Å². The molecule has 0 spiro atoms. The molecule has 0 amide bonds. The van der Waals surface area contributed by atoms with Crippen molar-refractivity contribution in [3.05, 3.63) is 11.9 Å². The fourth-order valence-corrected chi connectivity index (χ4v) is 1.20. The number of rotatable bonds is 7. The maximum absolute atomic E-state index is 5.73. The first-order valence-corrected chi connectivity index (χ1v) is 6.36. The Labute approximate surface area is 114 Å². The summed E-state index contributed by atoms with van der Waals surface area (Å²) in [5, 5.41) is 0. The first kappa shape index (κ1) is 15.7. The third kappa shape index (κ3) is 5.00. The molecule has 0 aliphatic rings. The maximum atomic E-state index is 5.73. The van der Waals surface area contributed by atoms with E-state index in [2.05, 4.69) is 28.7 Å². The van der Waals surface area contributed by atoms with E-state index in [-0.39, 0.29) is 5.54 Å². The zero-order valence-electron chi connectivity index (χ0n) is 12.4. The number of ether oxygens (including phenoxy) is 2. The van der Waals surface area contributed by atoms with Crippen LogP contribution in [0.5, 0.6) is 5.88 Å². The van der Waals surface area contributed by atoms with E-state index in [0.29, 0.717) is 37.3 Å². The lowest BCUT2D eigenvalue weighted by molar-refractivity contribution is 0.108. The average molecular weight is 268 g/mol. The van der Waals surface area contributed by atoms with Gasteiger partial charge < -0.3 is 20.1 Å². The van der Waals surface area contributed by atoms with E-state index < -0.39 is 0 Å². The molecule has 2 N–H and O–H groups in total. The zero-order chi connectivity index (χ0) is 14.5. The van der Waals surface area contributed by atoms with Crippen LogP contribution in [-0.4, -0.2) is 47.7 Å². The molecule has 1 aromatic heterocycles. The lowest BCUT2D eigenvalue weighted by atomic mass is 10.1. The molecule has 1 heterocycles. The Kier molecular flexibility index (Phi) is 5.50. The minimum Gasteiger partial charge on any atom is -0.476 e. The second-order valence-corrected chi connectivity index (χ2v) is 5.18. The molecule has 0 aliphatic heterocycles. The van der Waals surface area contributed by atoms with Crippen LogP contribution in [0.1, 0.15) is 26.6 Å². The molecule has 108 valence electrons. The minimum atomic E-state index is -0.0835. The van der Waals surface area contributed by atoms with E-state index in [4.69, 9.17) is 15.2 Å². The lowest BCUT2D eigenvalue weighted by Crippen LogP contribution is -2.43. The van der Waals surface area contributed by atoms with Crippen LogP contribution < -0.4 is 10.5 Å². The molecule has 0 fully saturated rings. The summed E-state index contributed by atoms with van der Waals surface area (Å²) in [5.74, 6) is 1.42. The molecule has 0 radical (unpaired) electrons. The van der Waals surface area contributed by atoms with E-state index in [1.54, 1.807) is 6.07 Å². The van der Waals surface area contributed by atoms with Gasteiger partial charge in [-0.1, -0.05) is 0 Å². The minimum absolute atomic E-state index is 0.0835. The SMILES string of the molecule is CCOCc1nc(N)cc(OCC(C)(C)N(C)C)n1. The van der Waals surface area contributed by atoms with Gasteiger partial charge in [0.15, 0.2) is 5.82 Å². The molecule has 0 aliphatic carbocycles. The zero-order valence-corrected chi connectivity index (χ0v) is 12.4. The molecule has 6 nitrogen and oxygen atoms in total. The van der Waals surface area contributed by atoms with Gasteiger partial charge in [0.2, 0.25) is 5.88 Å². The smallest absolute Gasteiger partial charge is 0.218 e. The van der Waals surface area contributed by atoms with E-state index in [0.717, 1.165) is 0 Å². The highest BCUT2D eigenvalue weighted by Gasteiger charge is 2.21. The molecule has 0 saturated heterocycles. The first-order valence-electron chi connectivity index (χ1n) is 6.36. The molecule has 0 bridgehead atoms. The number of hydrogen-bond donors (Lipinski definition) is 1. The summed E-state index contributed by atoms with van der Waals surface area (Å²) in [6, 6.07) is 1.63. The molecule has 19 heavy (non-hydrogen) atoms. The molecular formula is C13H24N4O2. The Morgan fingerprint density at radius 3 is 2.58 bits per heavy atom. The van der Waals surface area contributed by atoms with E-state index in [1.165, 1.54) is 0 Å². The Hall–Kier alpha value is -1.40. The van der Waals surface area contributed by atoms with Crippen LogP contribution in [0.15, 0.2) is 6.07 Å². The summed E-state index contributed by atoms with van der Waals surface area (Å²) >= 11 is 0. The second kappa shape index (κ2) is 6.68. The highest BCUT2D eigenvalue weighted by atomic mass is 16.5. The highest BCUT2D eigenvalue weighted by Crippen LogP contribution is 2.16. The topological polar surface area (TPSA) is 73.5 Å². The summed E-state index contributed by atoms with van der Waals surface area (Å²) < 4.78 is 11.0. The number of anilines is 1. The quantitative estimate of drug-likeness (QED) is 0.804. The van der Waals surface area contributed by atoms with Crippen molar-refractivity contribution in [2.75, 3.05) is 33.0 Å². The van der Waals surface area contributed by atoms with Gasteiger partial charge in [0.05, 0.1) is 0 Å². The van der Waals surface area contributed by atoms with Crippen LogP contribution in [0.25, 0.3) is 0 Å². The fraction of sp³-hybridized carbons (Fsp3) is 0.692. The van der Waals surface area contributed by atoms with Crippen LogP contribution >= 0.6 is 0 Å². The summed E-state index contributed by atoms with van der Waals surface area (Å²) in [5.41, 5.74) is 5.65. The van der Waals surface area contributed by atoms with Crippen LogP contribution in [0.2, 0.25) is 0 Å². The van der Waals surface area contributed by atoms with Crippen LogP contribution in [0.4, 0.5) is 5.82 Å². The standard InChI is InChI=1S/C13H24N4O2/c1-6-18-8-11-15-10(14)7-12(16-11)19-9-13(2,3)17(4)5/h7H,6,8-9H2,1-5H3,(H2,14,15,16). The number of likely N-dealkylation sites (N-methyl/N-ethyl adjacent to an activating group) is 1. The summed E-state index contributed by atoms with van der Waals surface area (Å²) in [7, 11) is 4.02. The number of nitrogens with two attached hydrogens (primary N) is 1. The Balaban J connectivity index is 2.70. The highest BCUT2D eigenvalue weighted by molar-refractivity contribution is 5.32. The second-order valence-electron chi connectivity index (χ2n) is 5.18. The molecule has 0 saturated carbocycles. The van der Waals surface area contributed by atoms with Crippen molar-refractivity contribution < 1.29 is 9.47 Å². The Morgan fingerprint density at radius 1 is 1.32 bits per heavy atom. The third-order valence-corrected chi connectivity index (χ3v) is 2.99. The molecule has 1 aromatic rings. The summed E-state index contributed by atoms with van der Waals surface area (Å²) in [6.45, 7) is 7.59. The summed E-state index contributed by atoms with van der Waals surface area (Å²) in [6.07, 6.45) is 0. The van der Waals surface area contributed by atoms with Crippen molar-refractivity contribution in [1.82, 2.24) is 14.9 Å². The number of nitrogen functional groups attached to an aromatic ring is 1. The third-order valence-electron chi connectivity index (χ3n) is 2.99. The largest absolute Gasteiger partial charge is 0.476 e. The van der Waals surface area contributed by atoms with Gasteiger partial charge in [-0.05, 0) is 34.9 Å². The van der Waals surface area contributed by atoms with Crippen LogP contribution in [0.3, 0.4) is 0 Å². The van der Waals surface area contributed by atoms with Crippen molar-refractivity contribution in [2.45, 2.75) is 32.9 Å². The average Bonchev–Trinajstić information content (AvgIpc) is 2.33. The van der Waals surface area contributed by atoms with Crippen molar-refractivity contribution in [3.63, 3.8) is 0 Å². The fourth-order valence-electron chi connectivity index (χ4n) is 1.20. The molecule has 0 unspecified atom stereocenters. The maximum Gasteiger partial charge on any atom is 0.218 e. The molecule has 0 aromatic carbocycles. The van der Waals surface area contributed by atoms with Gasteiger partial charge in [0.25, 0.3) is 0 Å². The lowest BCUT2D eigenvalue weighted by Gasteiger charge is -2.31. The van der Waals surface area contributed by atoms with E-state index in [9.17, 15) is 0 Å². The van der Waals surface area contributed by atoms with Crippen LogP contribution in [-0.2, 0) is 11.3 Å². The molecular weight excluding hydrogens is 244 g/mol. The van der Waals surface area contributed by atoms with Gasteiger partial charge in [-0.3, -0.25) is 0 Å². The number of nitrogens with zero attached hydrogens (tertiary/aromatic N) is 3. The van der Waals surface area contributed by atoms with E-state index in [1.807, 2.05) is 21.0 Å². The van der Waals surface area contributed by atoms with Gasteiger partial charge in [-0.15, -0.1) is 0 Å². The van der Waals surface area contributed by atoms with Crippen molar-refractivity contribution >= 4 is 5.82 Å². The van der Waals surface area contributed by atoms with Gasteiger partial charge in [-0.2, -0.15) is 4.98 Å². The van der Waals surface area contributed by atoms with Gasteiger partial charge >= 0.3 is 0 Å². The normalized spacial score (nSPS) is 11.9. The first-order chi connectivity index (χ1) is 8.85. The summed E-state index contributed by atoms with van der Waals surface area (Å²) in [4.78, 5) is 10.5. The van der Waals surface area contributed by atoms with E-state index >= 15 is 0 Å². The molecule has 1 rings (SSSR count). The predicted molar refractivity (Wildman–Crippen MR) is 75.0 cm³/mol. The Morgan fingerprint density at radius 2 is 2.00 bits per heavy atom. The van der Waals surface area contributed by atoms with Gasteiger partial charge in [-0.25, -0.2) is 4.98 Å². The molecule has 0 atom stereocenters. The molecule has 6 heteroatoms. The van der Waals surface area contributed by atoms with Crippen molar-refractivity contribution in [1.29, 1.82) is 0 Å².